The molecule has 0 saturated heterocycles. The van der Waals surface area contributed by atoms with E-state index in [9.17, 15) is 4.79 Å². The predicted molar refractivity (Wildman–Crippen MR) is 119 cm³/mol. The van der Waals surface area contributed by atoms with Gasteiger partial charge in [-0.05, 0) is 35.7 Å². The Kier molecular flexibility index (Phi) is 3.70. The second-order valence-electron chi connectivity index (χ2n) is 7.42. The lowest BCUT2D eigenvalue weighted by Crippen LogP contribution is -2.35. The molecule has 1 aliphatic heterocycles. The first-order valence-electron chi connectivity index (χ1n) is 9.53. The summed E-state index contributed by atoms with van der Waals surface area (Å²) >= 11 is 7.68. The molecule has 0 fully saturated rings. The molecule has 4 nitrogen and oxygen atoms in total. The van der Waals surface area contributed by atoms with E-state index in [4.69, 9.17) is 11.6 Å². The molecule has 1 N–H and O–H groups in total. The Labute approximate surface area is 175 Å². The van der Waals surface area contributed by atoms with E-state index in [-0.39, 0.29) is 5.91 Å². The molecule has 1 amide bonds. The van der Waals surface area contributed by atoms with Crippen molar-refractivity contribution in [1.29, 1.82) is 0 Å². The Morgan fingerprint density at radius 2 is 2.03 bits per heavy atom. The Morgan fingerprint density at radius 1 is 1.14 bits per heavy atom. The number of halogens is 1. The second kappa shape index (κ2) is 6.31. The van der Waals surface area contributed by atoms with Crippen LogP contribution >= 0.6 is 22.9 Å². The normalized spacial score (nSPS) is 14.0. The van der Waals surface area contributed by atoms with Crippen molar-refractivity contribution in [1.82, 2.24) is 14.9 Å². The number of hydrogen-bond donors (Lipinski definition) is 1. The van der Waals surface area contributed by atoms with Gasteiger partial charge < -0.3 is 9.88 Å². The van der Waals surface area contributed by atoms with Crippen LogP contribution in [0.3, 0.4) is 0 Å². The zero-order chi connectivity index (χ0) is 19.5. The van der Waals surface area contributed by atoms with Gasteiger partial charge in [0.2, 0.25) is 0 Å². The molecular formula is C23H16ClN3OS. The summed E-state index contributed by atoms with van der Waals surface area (Å²) in [4.78, 5) is 24.1. The van der Waals surface area contributed by atoms with Crippen LogP contribution in [-0.4, -0.2) is 27.3 Å². The fourth-order valence-corrected chi connectivity index (χ4v) is 5.44. The largest absolute Gasteiger partial charge is 0.357 e. The van der Waals surface area contributed by atoms with Crippen LogP contribution in [-0.2, 0) is 13.0 Å². The fourth-order valence-electron chi connectivity index (χ4n) is 4.25. The number of H-pyrrole nitrogens is 1. The number of benzene rings is 2. The zero-order valence-corrected chi connectivity index (χ0v) is 17.0. The molecule has 0 aliphatic carbocycles. The molecule has 1 aliphatic rings. The lowest BCUT2D eigenvalue weighted by atomic mass is 10.0. The number of thiophene rings is 1. The molecular weight excluding hydrogens is 402 g/mol. The molecule has 29 heavy (non-hydrogen) atoms. The molecule has 142 valence electrons. The first-order chi connectivity index (χ1) is 14.2. The van der Waals surface area contributed by atoms with Gasteiger partial charge in [0.15, 0.2) is 0 Å². The molecule has 0 spiro atoms. The summed E-state index contributed by atoms with van der Waals surface area (Å²) in [5.41, 5.74) is 4.32. The molecule has 0 bridgehead atoms. The standard InChI is InChI=1S/C23H16ClN3OS/c24-14-5-6-15-19(10-14)25-11-16-17-12-27(8-7-18(17)26-22(15)16)23(28)21-9-13-3-1-2-4-20(13)29-21/h1-6,9-11,26H,7-8,12H2. The summed E-state index contributed by atoms with van der Waals surface area (Å²) in [6.07, 6.45) is 2.71. The van der Waals surface area contributed by atoms with Gasteiger partial charge in [0.25, 0.3) is 5.91 Å². The first kappa shape index (κ1) is 17.0. The summed E-state index contributed by atoms with van der Waals surface area (Å²) in [7, 11) is 0. The number of amides is 1. The van der Waals surface area contributed by atoms with Crippen LogP contribution < -0.4 is 0 Å². The van der Waals surface area contributed by atoms with E-state index in [1.54, 1.807) is 11.3 Å². The van der Waals surface area contributed by atoms with E-state index >= 15 is 0 Å². The summed E-state index contributed by atoms with van der Waals surface area (Å²) in [5.74, 6) is 0.103. The SMILES string of the molecule is O=C(c1cc2ccccc2s1)N1CCc2[nH]c3c(cnc4cc(Cl)ccc43)c2C1. The lowest BCUT2D eigenvalue weighted by Gasteiger charge is -2.26. The molecule has 5 aromatic rings. The smallest absolute Gasteiger partial charge is 0.264 e. The van der Waals surface area contributed by atoms with Crippen molar-refractivity contribution in [2.45, 2.75) is 13.0 Å². The topological polar surface area (TPSA) is 49.0 Å². The van der Waals surface area contributed by atoms with Crippen LogP contribution in [0.4, 0.5) is 0 Å². The monoisotopic (exact) mass is 417 g/mol. The lowest BCUT2D eigenvalue weighted by molar-refractivity contribution is 0.0740. The Balaban J connectivity index is 1.40. The zero-order valence-electron chi connectivity index (χ0n) is 15.4. The predicted octanol–water partition coefficient (Wildman–Crippen LogP) is 5.78. The maximum Gasteiger partial charge on any atom is 0.264 e. The quantitative estimate of drug-likeness (QED) is 0.375. The van der Waals surface area contributed by atoms with Gasteiger partial charge in [-0.3, -0.25) is 9.78 Å². The summed E-state index contributed by atoms with van der Waals surface area (Å²) < 4.78 is 1.15. The minimum absolute atomic E-state index is 0.103. The third-order valence-corrected chi connectivity index (χ3v) is 7.04. The van der Waals surface area contributed by atoms with Gasteiger partial charge in [-0.25, -0.2) is 0 Å². The number of carbonyl (C=O) groups is 1. The van der Waals surface area contributed by atoms with Gasteiger partial charge >= 0.3 is 0 Å². The van der Waals surface area contributed by atoms with Crippen LogP contribution in [0.5, 0.6) is 0 Å². The second-order valence-corrected chi connectivity index (χ2v) is 8.94. The summed E-state index contributed by atoms with van der Waals surface area (Å²) in [6.45, 7) is 1.31. The van der Waals surface area contributed by atoms with Crippen molar-refractivity contribution in [2.75, 3.05) is 6.54 Å². The van der Waals surface area contributed by atoms with E-state index < -0.39 is 0 Å². The molecule has 4 heterocycles. The number of nitrogens with one attached hydrogen (secondary N) is 1. The van der Waals surface area contributed by atoms with Crippen molar-refractivity contribution in [3.8, 4) is 0 Å². The Morgan fingerprint density at radius 3 is 2.93 bits per heavy atom. The highest BCUT2D eigenvalue weighted by Crippen LogP contribution is 2.33. The van der Waals surface area contributed by atoms with Crippen LogP contribution in [0.25, 0.3) is 31.9 Å². The Hall–Kier alpha value is -2.89. The molecule has 0 unspecified atom stereocenters. The number of fused-ring (bicyclic) bond motifs is 6. The molecule has 0 radical (unpaired) electrons. The third-order valence-electron chi connectivity index (χ3n) is 5.70. The minimum Gasteiger partial charge on any atom is -0.357 e. The highest BCUT2D eigenvalue weighted by molar-refractivity contribution is 7.20. The van der Waals surface area contributed by atoms with Crippen molar-refractivity contribution in [2.24, 2.45) is 0 Å². The molecule has 3 aromatic heterocycles. The van der Waals surface area contributed by atoms with Gasteiger partial charge in [0.1, 0.15) is 0 Å². The molecule has 2 aromatic carbocycles. The van der Waals surface area contributed by atoms with Gasteiger partial charge in [-0.15, -0.1) is 11.3 Å². The van der Waals surface area contributed by atoms with Crippen molar-refractivity contribution < 1.29 is 4.79 Å². The van der Waals surface area contributed by atoms with Crippen LogP contribution in [0.1, 0.15) is 20.9 Å². The maximum absolute atomic E-state index is 13.2. The number of nitrogens with zero attached hydrogens (tertiary/aromatic N) is 2. The van der Waals surface area contributed by atoms with Crippen molar-refractivity contribution >= 4 is 60.7 Å². The highest BCUT2D eigenvalue weighted by atomic mass is 35.5. The molecule has 6 heteroatoms. The average molecular weight is 418 g/mol. The van der Waals surface area contributed by atoms with E-state index in [0.29, 0.717) is 18.1 Å². The van der Waals surface area contributed by atoms with E-state index in [1.165, 1.54) is 11.3 Å². The maximum atomic E-state index is 13.2. The van der Waals surface area contributed by atoms with Crippen LogP contribution in [0, 0.1) is 0 Å². The van der Waals surface area contributed by atoms with E-state index in [2.05, 4.69) is 22.1 Å². The van der Waals surface area contributed by atoms with Crippen LogP contribution in [0.2, 0.25) is 5.02 Å². The van der Waals surface area contributed by atoms with Gasteiger partial charge in [-0.2, -0.15) is 0 Å². The number of aromatic amines is 1. The number of aromatic nitrogens is 2. The Bertz CT molecular complexity index is 1400. The third kappa shape index (κ3) is 2.65. The first-order valence-corrected chi connectivity index (χ1v) is 10.7. The minimum atomic E-state index is 0.103. The number of pyridine rings is 1. The van der Waals surface area contributed by atoms with E-state index in [0.717, 1.165) is 43.2 Å². The molecule has 0 atom stereocenters. The number of rotatable bonds is 1. The molecule has 6 rings (SSSR count). The number of hydrogen-bond acceptors (Lipinski definition) is 3. The summed E-state index contributed by atoms with van der Waals surface area (Å²) in [5, 5.41) is 3.95. The van der Waals surface area contributed by atoms with E-state index in [1.807, 2.05) is 47.5 Å². The van der Waals surface area contributed by atoms with Gasteiger partial charge in [0, 0.05) is 57.5 Å². The van der Waals surface area contributed by atoms with Gasteiger partial charge in [-0.1, -0.05) is 29.8 Å². The fraction of sp³-hybridized carbons (Fsp3) is 0.130. The number of carbonyl (C=O) groups excluding carboxylic acids is 1. The van der Waals surface area contributed by atoms with Gasteiger partial charge in [0.05, 0.1) is 15.9 Å². The summed E-state index contributed by atoms with van der Waals surface area (Å²) in [6, 6.07) is 15.9. The average Bonchev–Trinajstić information content (AvgIpc) is 3.34. The van der Waals surface area contributed by atoms with Crippen LogP contribution in [0.15, 0.2) is 54.7 Å². The van der Waals surface area contributed by atoms with Crippen molar-refractivity contribution in [3.63, 3.8) is 0 Å². The van der Waals surface area contributed by atoms with Crippen molar-refractivity contribution in [3.05, 3.63) is 75.9 Å². The highest BCUT2D eigenvalue weighted by Gasteiger charge is 2.26. The molecule has 0 saturated carbocycles.